The zero-order valence-electron chi connectivity index (χ0n) is 17.0. The predicted molar refractivity (Wildman–Crippen MR) is 109 cm³/mol. The molecular weight excluding hydrogens is 394 g/mol. The van der Waals surface area contributed by atoms with Crippen molar-refractivity contribution in [1.29, 1.82) is 0 Å². The number of allylic oxidation sites excluding steroid dienone is 2. The molecule has 2 aliphatic heterocycles. The zero-order valence-corrected chi connectivity index (χ0v) is 17.8. The average Bonchev–Trinajstić information content (AvgIpc) is 3.05. The van der Waals surface area contributed by atoms with Crippen LogP contribution in [0, 0.1) is 11.3 Å². The second kappa shape index (κ2) is 7.17. The molecule has 0 radical (unpaired) electrons. The Bertz CT molecular complexity index is 962. The molecule has 0 aromatic heterocycles. The van der Waals surface area contributed by atoms with Crippen LogP contribution in [-0.2, 0) is 14.3 Å². The van der Waals surface area contributed by atoms with E-state index in [0.717, 1.165) is 5.70 Å². The van der Waals surface area contributed by atoms with Crippen molar-refractivity contribution in [2.24, 2.45) is 16.3 Å². The van der Waals surface area contributed by atoms with E-state index in [9.17, 15) is 9.59 Å². The van der Waals surface area contributed by atoms with E-state index < -0.39 is 17.8 Å². The maximum absolute atomic E-state index is 13.2. The van der Waals surface area contributed by atoms with Crippen LogP contribution in [0.1, 0.15) is 52.0 Å². The Hall–Kier alpha value is -2.34. The van der Waals surface area contributed by atoms with Gasteiger partial charge in [0.15, 0.2) is 17.3 Å². The van der Waals surface area contributed by atoms with Gasteiger partial charge < -0.3 is 14.2 Å². The summed E-state index contributed by atoms with van der Waals surface area (Å²) in [4.78, 5) is 30.8. The molecule has 29 heavy (non-hydrogen) atoms. The molecule has 6 nitrogen and oxygen atoms in total. The van der Waals surface area contributed by atoms with E-state index in [2.05, 4.69) is 18.8 Å². The summed E-state index contributed by atoms with van der Waals surface area (Å²) in [5, 5.41) is 0.424. The number of Topliss-reactive ketones (excluding diaryl/α,β-unsaturated/α-hetero) is 1. The van der Waals surface area contributed by atoms with Gasteiger partial charge in [-0.3, -0.25) is 14.6 Å². The third-order valence-corrected chi connectivity index (χ3v) is 6.00. The first-order chi connectivity index (χ1) is 13.7. The van der Waals surface area contributed by atoms with Crippen molar-refractivity contribution < 1.29 is 23.8 Å². The minimum absolute atomic E-state index is 0.000493. The van der Waals surface area contributed by atoms with Crippen LogP contribution in [0.2, 0.25) is 5.02 Å². The normalized spacial score (nSPS) is 24.9. The second-order valence-corrected chi connectivity index (χ2v) is 8.90. The molecular formula is C22H24ClNO5. The Labute approximate surface area is 174 Å². The molecule has 3 aliphatic rings. The highest BCUT2D eigenvalue weighted by Crippen LogP contribution is 2.51. The molecule has 4 rings (SSSR count). The molecule has 0 spiro atoms. The van der Waals surface area contributed by atoms with Crippen LogP contribution in [0.4, 0.5) is 0 Å². The van der Waals surface area contributed by atoms with Gasteiger partial charge in [-0.1, -0.05) is 25.4 Å². The number of carbonyl (C=O) groups excluding carboxylic acids is 2. The number of hydrogen-bond acceptors (Lipinski definition) is 6. The molecule has 0 bridgehead atoms. The van der Waals surface area contributed by atoms with E-state index in [1.54, 1.807) is 19.1 Å². The lowest BCUT2D eigenvalue weighted by Gasteiger charge is -2.39. The lowest BCUT2D eigenvalue weighted by atomic mass is 9.67. The van der Waals surface area contributed by atoms with Gasteiger partial charge in [0.2, 0.25) is 6.79 Å². The number of halogens is 1. The van der Waals surface area contributed by atoms with Gasteiger partial charge in [-0.15, -0.1) is 0 Å². The SMILES string of the molecule is CCOC(=O)C1C(C)=NC2=C(C(=O)CC(C)(C)C2)[C@@H]1c1cc2c(cc1Cl)OCO2. The molecule has 154 valence electrons. The summed E-state index contributed by atoms with van der Waals surface area (Å²) >= 11 is 6.61. The molecule has 0 fully saturated rings. The van der Waals surface area contributed by atoms with Crippen LogP contribution in [0.15, 0.2) is 28.4 Å². The minimum atomic E-state index is -0.711. The molecule has 0 amide bonds. The molecule has 1 unspecified atom stereocenters. The molecule has 2 heterocycles. The maximum atomic E-state index is 13.2. The molecule has 1 aliphatic carbocycles. The number of benzene rings is 1. The summed E-state index contributed by atoms with van der Waals surface area (Å²) in [5.74, 6) is -0.572. The summed E-state index contributed by atoms with van der Waals surface area (Å²) in [5.41, 5.74) is 2.41. The Morgan fingerprint density at radius 1 is 1.28 bits per heavy atom. The summed E-state index contributed by atoms with van der Waals surface area (Å²) in [6.45, 7) is 8.04. The van der Waals surface area contributed by atoms with E-state index >= 15 is 0 Å². The summed E-state index contributed by atoms with van der Waals surface area (Å²) < 4.78 is 16.3. The van der Waals surface area contributed by atoms with E-state index in [0.29, 0.717) is 46.2 Å². The molecule has 1 aromatic carbocycles. The van der Waals surface area contributed by atoms with Crippen molar-refractivity contribution in [2.45, 2.75) is 46.5 Å². The number of esters is 1. The van der Waals surface area contributed by atoms with Crippen molar-refractivity contribution >= 4 is 29.1 Å². The number of ketones is 1. The molecule has 7 heteroatoms. The van der Waals surface area contributed by atoms with Gasteiger partial charge in [0.1, 0.15) is 5.92 Å². The highest BCUT2D eigenvalue weighted by molar-refractivity contribution is 6.32. The largest absolute Gasteiger partial charge is 0.465 e. The zero-order chi connectivity index (χ0) is 20.9. The molecule has 0 saturated carbocycles. The van der Waals surface area contributed by atoms with Crippen molar-refractivity contribution in [3.63, 3.8) is 0 Å². The van der Waals surface area contributed by atoms with Gasteiger partial charge in [-0.25, -0.2) is 0 Å². The van der Waals surface area contributed by atoms with E-state index in [-0.39, 0.29) is 24.6 Å². The van der Waals surface area contributed by atoms with Crippen molar-refractivity contribution in [1.82, 2.24) is 0 Å². The molecule has 0 N–H and O–H groups in total. The lowest BCUT2D eigenvalue weighted by molar-refractivity contribution is -0.146. The topological polar surface area (TPSA) is 74.2 Å². The first-order valence-electron chi connectivity index (χ1n) is 9.79. The number of aliphatic imine (C=N–C) groups is 1. The lowest BCUT2D eigenvalue weighted by Crippen LogP contribution is -2.39. The number of carbonyl (C=O) groups is 2. The Morgan fingerprint density at radius 2 is 1.97 bits per heavy atom. The Kier molecular flexibility index (Phi) is 4.93. The number of nitrogens with zero attached hydrogens (tertiary/aromatic N) is 1. The van der Waals surface area contributed by atoms with Crippen LogP contribution < -0.4 is 9.47 Å². The first kappa shape index (κ1) is 20.0. The van der Waals surface area contributed by atoms with Gasteiger partial charge in [0.25, 0.3) is 0 Å². The highest BCUT2D eigenvalue weighted by Gasteiger charge is 2.47. The van der Waals surface area contributed by atoms with E-state index in [1.165, 1.54) is 0 Å². The number of ether oxygens (including phenoxy) is 3. The van der Waals surface area contributed by atoms with Gasteiger partial charge >= 0.3 is 5.97 Å². The molecule has 1 aromatic rings. The fourth-order valence-electron chi connectivity index (χ4n) is 4.49. The van der Waals surface area contributed by atoms with Gasteiger partial charge in [0.05, 0.1) is 6.61 Å². The fourth-order valence-corrected chi connectivity index (χ4v) is 4.76. The van der Waals surface area contributed by atoms with Gasteiger partial charge in [-0.05, 0) is 37.3 Å². The quantitative estimate of drug-likeness (QED) is 0.679. The van der Waals surface area contributed by atoms with Crippen LogP contribution >= 0.6 is 11.6 Å². The summed E-state index contributed by atoms with van der Waals surface area (Å²) in [6, 6.07) is 3.46. The second-order valence-electron chi connectivity index (χ2n) is 8.49. The van der Waals surface area contributed by atoms with Crippen LogP contribution in [-0.4, -0.2) is 30.9 Å². The fraction of sp³-hybridized carbons (Fsp3) is 0.500. The van der Waals surface area contributed by atoms with E-state index in [4.69, 9.17) is 25.8 Å². The van der Waals surface area contributed by atoms with Crippen LogP contribution in [0.3, 0.4) is 0 Å². The third-order valence-electron chi connectivity index (χ3n) is 5.67. The average molecular weight is 418 g/mol. The number of hydrogen-bond donors (Lipinski definition) is 0. The van der Waals surface area contributed by atoms with Gasteiger partial charge in [0, 0.05) is 40.4 Å². The third kappa shape index (κ3) is 3.44. The Morgan fingerprint density at radius 3 is 2.66 bits per heavy atom. The number of rotatable bonds is 3. The summed E-state index contributed by atoms with van der Waals surface area (Å²) in [6.07, 6.45) is 1.06. The van der Waals surface area contributed by atoms with E-state index in [1.807, 2.05) is 6.92 Å². The van der Waals surface area contributed by atoms with Crippen molar-refractivity contribution in [3.8, 4) is 11.5 Å². The summed E-state index contributed by atoms with van der Waals surface area (Å²) in [7, 11) is 0. The molecule has 2 atom stereocenters. The van der Waals surface area contributed by atoms with Crippen molar-refractivity contribution in [2.75, 3.05) is 13.4 Å². The van der Waals surface area contributed by atoms with Crippen molar-refractivity contribution in [3.05, 3.63) is 34.0 Å². The van der Waals surface area contributed by atoms with Crippen LogP contribution in [0.25, 0.3) is 0 Å². The van der Waals surface area contributed by atoms with Gasteiger partial charge in [-0.2, -0.15) is 0 Å². The monoisotopic (exact) mass is 417 g/mol. The predicted octanol–water partition coefficient (Wildman–Crippen LogP) is 4.45. The highest BCUT2D eigenvalue weighted by atomic mass is 35.5. The first-order valence-corrected chi connectivity index (χ1v) is 10.2. The smallest absolute Gasteiger partial charge is 0.315 e. The number of fused-ring (bicyclic) bond motifs is 1. The minimum Gasteiger partial charge on any atom is -0.465 e. The van der Waals surface area contributed by atoms with Crippen LogP contribution in [0.5, 0.6) is 11.5 Å². The Balaban J connectivity index is 1.91. The maximum Gasteiger partial charge on any atom is 0.315 e. The standard InChI is InChI=1S/C22H24ClNO5/c1-5-27-21(26)18-11(2)24-14-8-22(3,4)9-15(25)20(14)19(18)12-6-16-17(7-13(12)23)29-10-28-16/h6-7,18-19H,5,8-10H2,1-4H3/t18?,19-/m1/s1. The molecule has 0 saturated heterocycles.